The molecule has 4 heteroatoms. The number of rotatable bonds is 5. The van der Waals surface area contributed by atoms with Crippen LogP contribution < -0.4 is 10.5 Å². The fourth-order valence-corrected chi connectivity index (χ4v) is 1.95. The van der Waals surface area contributed by atoms with E-state index in [-0.39, 0.29) is 11.9 Å². The van der Waals surface area contributed by atoms with E-state index in [9.17, 15) is 4.79 Å². The van der Waals surface area contributed by atoms with Crippen molar-refractivity contribution in [2.24, 2.45) is 5.92 Å². The third-order valence-corrected chi connectivity index (χ3v) is 3.18. The molecule has 0 aliphatic carbocycles. The number of methoxy groups -OCH3 is 1. The molecule has 0 saturated heterocycles. The third-order valence-electron chi connectivity index (χ3n) is 3.18. The lowest BCUT2D eigenvalue weighted by Crippen LogP contribution is -2.19. The quantitative estimate of drug-likeness (QED) is 0.677. The Kier molecular flexibility index (Phi) is 4.82. The molecule has 2 aromatic rings. The summed E-state index contributed by atoms with van der Waals surface area (Å²) >= 11 is 0. The van der Waals surface area contributed by atoms with Gasteiger partial charge in [0.2, 0.25) is 0 Å². The van der Waals surface area contributed by atoms with Crippen LogP contribution in [0.25, 0.3) is 11.1 Å². The van der Waals surface area contributed by atoms with Gasteiger partial charge in [0.15, 0.2) is 0 Å². The molecule has 0 amide bonds. The van der Waals surface area contributed by atoms with Crippen LogP contribution in [0.1, 0.15) is 6.92 Å². The summed E-state index contributed by atoms with van der Waals surface area (Å²) in [5.74, 6) is 0.161. The fourth-order valence-electron chi connectivity index (χ4n) is 1.95. The van der Waals surface area contributed by atoms with Crippen LogP contribution in [0.5, 0.6) is 5.75 Å². The van der Waals surface area contributed by atoms with Crippen LogP contribution in [0.15, 0.2) is 48.5 Å². The number of nitrogen functional groups attached to an aromatic ring is 1. The van der Waals surface area contributed by atoms with Crippen LogP contribution in [0, 0.1) is 5.92 Å². The molecule has 2 rings (SSSR count). The molecule has 0 heterocycles. The first-order valence-electron chi connectivity index (χ1n) is 6.76. The van der Waals surface area contributed by atoms with Gasteiger partial charge in [-0.15, -0.1) is 0 Å². The first-order chi connectivity index (χ1) is 10.1. The van der Waals surface area contributed by atoms with Gasteiger partial charge < -0.3 is 15.2 Å². The Morgan fingerprint density at radius 3 is 2.48 bits per heavy atom. The van der Waals surface area contributed by atoms with E-state index in [2.05, 4.69) is 4.74 Å². The Bertz CT molecular complexity index is 608. The maximum atomic E-state index is 11.3. The number of carbonyl (C=O) groups is 1. The lowest BCUT2D eigenvalue weighted by Gasteiger charge is -2.11. The topological polar surface area (TPSA) is 61.5 Å². The summed E-state index contributed by atoms with van der Waals surface area (Å²) in [5.41, 5.74) is 8.64. The molecule has 4 nitrogen and oxygen atoms in total. The van der Waals surface area contributed by atoms with E-state index < -0.39 is 0 Å². The van der Waals surface area contributed by atoms with Crippen molar-refractivity contribution in [3.63, 3.8) is 0 Å². The molecule has 0 aromatic heterocycles. The lowest BCUT2D eigenvalue weighted by molar-refractivity contribution is -0.145. The molecular weight excluding hydrogens is 266 g/mol. The van der Waals surface area contributed by atoms with Crippen LogP contribution in [0.4, 0.5) is 5.69 Å². The van der Waals surface area contributed by atoms with Crippen molar-refractivity contribution in [3.05, 3.63) is 48.5 Å². The summed E-state index contributed by atoms with van der Waals surface area (Å²) in [6.07, 6.45) is 0. The summed E-state index contributed by atoms with van der Waals surface area (Å²) < 4.78 is 10.2. The fraction of sp³-hybridized carbons (Fsp3) is 0.235. The minimum Gasteiger partial charge on any atom is -0.493 e. The van der Waals surface area contributed by atoms with Crippen LogP contribution >= 0.6 is 0 Å². The van der Waals surface area contributed by atoms with Gasteiger partial charge in [0.25, 0.3) is 0 Å². The van der Waals surface area contributed by atoms with Crippen LogP contribution in [0.2, 0.25) is 0 Å². The number of hydrogen-bond acceptors (Lipinski definition) is 4. The monoisotopic (exact) mass is 285 g/mol. The van der Waals surface area contributed by atoms with E-state index in [1.54, 1.807) is 6.92 Å². The highest BCUT2D eigenvalue weighted by Crippen LogP contribution is 2.24. The molecule has 2 aromatic carbocycles. The van der Waals surface area contributed by atoms with E-state index in [1.165, 1.54) is 7.11 Å². The molecule has 110 valence electrons. The van der Waals surface area contributed by atoms with Crippen molar-refractivity contribution in [1.82, 2.24) is 0 Å². The number of carbonyl (C=O) groups excluding carboxylic acids is 1. The van der Waals surface area contributed by atoms with Crippen molar-refractivity contribution in [2.75, 3.05) is 19.5 Å². The zero-order valence-electron chi connectivity index (χ0n) is 12.2. The summed E-state index contributed by atoms with van der Waals surface area (Å²) in [6, 6.07) is 15.4. The smallest absolute Gasteiger partial charge is 0.311 e. The summed E-state index contributed by atoms with van der Waals surface area (Å²) in [6.45, 7) is 2.07. The maximum absolute atomic E-state index is 11.3. The Hall–Kier alpha value is -2.49. The minimum absolute atomic E-state index is 0.272. The van der Waals surface area contributed by atoms with Crippen LogP contribution in [-0.4, -0.2) is 19.7 Å². The Morgan fingerprint density at radius 1 is 1.14 bits per heavy atom. The van der Waals surface area contributed by atoms with E-state index in [0.29, 0.717) is 6.61 Å². The van der Waals surface area contributed by atoms with Gasteiger partial charge in [-0.05, 0) is 42.3 Å². The van der Waals surface area contributed by atoms with E-state index in [0.717, 1.165) is 22.6 Å². The van der Waals surface area contributed by atoms with Crippen LogP contribution in [0.3, 0.4) is 0 Å². The maximum Gasteiger partial charge on any atom is 0.311 e. The van der Waals surface area contributed by atoms with Gasteiger partial charge in [0.05, 0.1) is 13.0 Å². The van der Waals surface area contributed by atoms with Gasteiger partial charge in [0, 0.05) is 5.69 Å². The predicted octanol–water partition coefficient (Wildman–Crippen LogP) is 3.12. The first-order valence-corrected chi connectivity index (χ1v) is 6.76. The summed E-state index contributed by atoms with van der Waals surface area (Å²) in [4.78, 5) is 11.3. The second-order valence-electron chi connectivity index (χ2n) is 4.89. The van der Waals surface area contributed by atoms with Gasteiger partial charge in [-0.2, -0.15) is 0 Å². The zero-order chi connectivity index (χ0) is 15.2. The zero-order valence-corrected chi connectivity index (χ0v) is 12.2. The van der Waals surface area contributed by atoms with Gasteiger partial charge in [-0.1, -0.05) is 24.3 Å². The normalized spacial score (nSPS) is 11.7. The third kappa shape index (κ3) is 3.99. The number of hydrogen-bond donors (Lipinski definition) is 1. The van der Waals surface area contributed by atoms with Gasteiger partial charge in [-0.3, -0.25) is 4.79 Å². The lowest BCUT2D eigenvalue weighted by atomic mass is 10.1. The van der Waals surface area contributed by atoms with Crippen molar-refractivity contribution in [2.45, 2.75) is 6.92 Å². The highest BCUT2D eigenvalue weighted by atomic mass is 16.5. The van der Waals surface area contributed by atoms with Crippen LogP contribution in [-0.2, 0) is 9.53 Å². The molecule has 0 spiro atoms. The molecule has 0 aliphatic heterocycles. The Balaban J connectivity index is 2.01. The van der Waals surface area contributed by atoms with E-state index >= 15 is 0 Å². The Labute approximate surface area is 124 Å². The average molecular weight is 285 g/mol. The number of nitrogens with two attached hydrogens (primary N) is 1. The van der Waals surface area contributed by atoms with Crippen molar-refractivity contribution in [3.8, 4) is 16.9 Å². The summed E-state index contributed by atoms with van der Waals surface area (Å²) in [5, 5.41) is 0. The molecule has 0 radical (unpaired) electrons. The number of anilines is 1. The highest BCUT2D eigenvalue weighted by molar-refractivity contribution is 5.72. The minimum atomic E-state index is -0.288. The van der Waals surface area contributed by atoms with E-state index in [4.69, 9.17) is 10.5 Å². The molecule has 21 heavy (non-hydrogen) atoms. The summed E-state index contributed by atoms with van der Waals surface area (Å²) in [7, 11) is 1.37. The molecule has 2 N–H and O–H groups in total. The van der Waals surface area contributed by atoms with Crippen molar-refractivity contribution >= 4 is 11.7 Å². The van der Waals surface area contributed by atoms with Crippen molar-refractivity contribution in [1.29, 1.82) is 0 Å². The predicted molar refractivity (Wildman–Crippen MR) is 83.0 cm³/mol. The molecular formula is C17H19NO3. The molecule has 0 saturated carbocycles. The first kappa shape index (κ1) is 14.9. The molecule has 1 atom stereocenters. The van der Waals surface area contributed by atoms with Crippen molar-refractivity contribution < 1.29 is 14.3 Å². The van der Waals surface area contributed by atoms with Gasteiger partial charge >= 0.3 is 5.97 Å². The Morgan fingerprint density at radius 2 is 1.86 bits per heavy atom. The van der Waals surface area contributed by atoms with E-state index in [1.807, 2.05) is 48.5 Å². The molecule has 0 fully saturated rings. The molecule has 0 aliphatic rings. The standard InChI is InChI=1S/C17H19NO3/c1-12(17(19)20-2)11-21-16-8-6-13(7-9-16)14-4-3-5-15(18)10-14/h3-10,12H,11,18H2,1-2H3/t12-/m0/s1. The SMILES string of the molecule is COC(=O)[C@@H](C)COc1ccc(-c2cccc(N)c2)cc1. The molecule has 0 unspecified atom stereocenters. The van der Waals surface area contributed by atoms with Gasteiger partial charge in [-0.25, -0.2) is 0 Å². The largest absolute Gasteiger partial charge is 0.493 e. The highest BCUT2D eigenvalue weighted by Gasteiger charge is 2.13. The number of esters is 1. The molecule has 0 bridgehead atoms. The number of ether oxygens (including phenoxy) is 2. The average Bonchev–Trinajstić information content (AvgIpc) is 2.52. The number of benzene rings is 2. The van der Waals surface area contributed by atoms with Gasteiger partial charge in [0.1, 0.15) is 12.4 Å². The second kappa shape index (κ2) is 6.79. The second-order valence-corrected chi connectivity index (χ2v) is 4.89.